The van der Waals surface area contributed by atoms with Crippen LogP contribution in [0.15, 0.2) is 40.1 Å². The number of H-pyrrole nitrogens is 1. The molecule has 3 rings (SSSR count). The summed E-state index contributed by atoms with van der Waals surface area (Å²) in [6.07, 6.45) is 0.375. The van der Waals surface area contributed by atoms with E-state index in [9.17, 15) is 14.4 Å². The fraction of sp³-hybridized carbons (Fsp3) is 0.316. The monoisotopic (exact) mass is 397 g/mol. The zero-order chi connectivity index (χ0) is 21.0. The van der Waals surface area contributed by atoms with Crippen molar-refractivity contribution in [1.29, 1.82) is 0 Å². The molecule has 0 spiro atoms. The van der Waals surface area contributed by atoms with Gasteiger partial charge in [-0.15, -0.1) is 0 Å². The van der Waals surface area contributed by atoms with Crippen molar-refractivity contribution in [2.45, 2.75) is 19.9 Å². The molecular formula is C19H23N7O3. The summed E-state index contributed by atoms with van der Waals surface area (Å²) in [6.45, 7) is 2.90. The van der Waals surface area contributed by atoms with Crippen molar-refractivity contribution in [3.05, 3.63) is 57.6 Å². The predicted molar refractivity (Wildman–Crippen MR) is 108 cm³/mol. The summed E-state index contributed by atoms with van der Waals surface area (Å²) in [6, 6.07) is 9.75. The number of rotatable bonds is 5. The number of hydrogen-bond acceptors (Lipinski definition) is 6. The van der Waals surface area contributed by atoms with E-state index in [1.54, 1.807) is 4.90 Å². The van der Waals surface area contributed by atoms with E-state index >= 15 is 0 Å². The van der Waals surface area contributed by atoms with E-state index in [-0.39, 0.29) is 35.0 Å². The van der Waals surface area contributed by atoms with Crippen molar-refractivity contribution in [1.82, 2.24) is 20.2 Å². The largest absolute Gasteiger partial charge is 0.382 e. The summed E-state index contributed by atoms with van der Waals surface area (Å²) in [5.41, 5.74) is 12.0. The maximum Gasteiger partial charge on any atom is 0.278 e. The number of nitrogen functional groups attached to an aromatic ring is 1. The molecule has 0 aliphatic carbocycles. The molecule has 1 aromatic carbocycles. The molecule has 1 atom stereocenters. The van der Waals surface area contributed by atoms with Crippen LogP contribution in [0.4, 0.5) is 5.82 Å². The van der Waals surface area contributed by atoms with Crippen molar-refractivity contribution >= 4 is 23.6 Å². The summed E-state index contributed by atoms with van der Waals surface area (Å²) >= 11 is 0. The number of nitrogens with one attached hydrogen (secondary N) is 2. The van der Waals surface area contributed by atoms with Crippen molar-refractivity contribution in [2.75, 3.05) is 18.8 Å². The van der Waals surface area contributed by atoms with Crippen LogP contribution in [0.5, 0.6) is 0 Å². The lowest BCUT2D eigenvalue weighted by molar-refractivity contribution is -0.128. The molecule has 152 valence electrons. The molecule has 0 saturated carbocycles. The minimum absolute atomic E-state index is 0.00702. The molecule has 10 heteroatoms. The summed E-state index contributed by atoms with van der Waals surface area (Å²) in [7, 11) is 0. The molecule has 1 saturated heterocycles. The number of hydrogen-bond donors (Lipinski definition) is 4. The molecule has 2 heterocycles. The van der Waals surface area contributed by atoms with Crippen LogP contribution in [0.1, 0.15) is 28.2 Å². The lowest BCUT2D eigenvalue weighted by Crippen LogP contribution is -2.39. The molecule has 2 amide bonds. The highest BCUT2D eigenvalue weighted by molar-refractivity contribution is 6.06. The number of aromatic nitrogens is 2. The quantitative estimate of drug-likeness (QED) is 0.402. The highest BCUT2D eigenvalue weighted by Gasteiger charge is 2.29. The van der Waals surface area contributed by atoms with Gasteiger partial charge in [0.15, 0.2) is 11.8 Å². The standard InChI is InChI=1S/C19H23N7O3/c1-11-17(28)24-15(16(20)23-11)18(29)25-19(21)22-8-13-7-14(27)26(10-13)9-12-5-3-2-4-6-12/h2-6,13H,7-10H2,1H3,(H2,20,23)(H,24,28)(H3,21,22,25,29). The smallest absolute Gasteiger partial charge is 0.278 e. The molecule has 2 aromatic rings. The van der Waals surface area contributed by atoms with Crippen LogP contribution < -0.4 is 22.3 Å². The predicted octanol–water partition coefficient (Wildman–Crippen LogP) is -0.246. The molecule has 1 aliphatic rings. The Bertz CT molecular complexity index is 1000. The number of carbonyl (C=O) groups excluding carboxylic acids is 2. The van der Waals surface area contributed by atoms with Crippen LogP contribution in [0.2, 0.25) is 0 Å². The highest BCUT2D eigenvalue weighted by atomic mass is 16.2. The van der Waals surface area contributed by atoms with Crippen LogP contribution in [-0.2, 0) is 11.3 Å². The number of aliphatic imine (C=N–C) groups is 1. The van der Waals surface area contributed by atoms with Gasteiger partial charge in [-0.3, -0.25) is 24.7 Å². The van der Waals surface area contributed by atoms with Crippen molar-refractivity contribution < 1.29 is 9.59 Å². The Morgan fingerprint density at radius 3 is 2.79 bits per heavy atom. The van der Waals surface area contributed by atoms with Gasteiger partial charge in [0, 0.05) is 32.0 Å². The molecule has 1 fully saturated rings. The first kappa shape index (κ1) is 20.1. The fourth-order valence-electron chi connectivity index (χ4n) is 3.11. The molecule has 1 aliphatic heterocycles. The number of nitrogens with zero attached hydrogens (tertiary/aromatic N) is 3. The van der Waals surface area contributed by atoms with Crippen LogP contribution in [0.3, 0.4) is 0 Å². The van der Waals surface area contributed by atoms with Gasteiger partial charge in [-0.25, -0.2) is 4.98 Å². The average Bonchev–Trinajstić information content (AvgIpc) is 3.03. The van der Waals surface area contributed by atoms with E-state index in [1.807, 2.05) is 30.3 Å². The van der Waals surface area contributed by atoms with E-state index in [0.717, 1.165) is 5.56 Å². The SMILES string of the molecule is Cc1nc(N)c(C(=O)NC(N)=NCC2CC(=O)N(Cc3ccccc3)C2)[nH]c1=O. The molecule has 6 N–H and O–H groups in total. The van der Waals surface area contributed by atoms with E-state index < -0.39 is 11.5 Å². The van der Waals surface area contributed by atoms with Crippen LogP contribution in [0.25, 0.3) is 0 Å². The van der Waals surface area contributed by atoms with Crippen LogP contribution in [0, 0.1) is 12.8 Å². The minimum Gasteiger partial charge on any atom is -0.382 e. The lowest BCUT2D eigenvalue weighted by Gasteiger charge is -2.16. The van der Waals surface area contributed by atoms with E-state index in [0.29, 0.717) is 26.1 Å². The second-order valence-electron chi connectivity index (χ2n) is 6.92. The van der Waals surface area contributed by atoms with Crippen LogP contribution >= 0.6 is 0 Å². The van der Waals surface area contributed by atoms with E-state index in [4.69, 9.17) is 11.5 Å². The maximum atomic E-state index is 12.2. The Morgan fingerprint density at radius 2 is 2.07 bits per heavy atom. The second-order valence-corrected chi connectivity index (χ2v) is 6.92. The van der Waals surface area contributed by atoms with Crippen LogP contribution in [-0.4, -0.2) is 45.7 Å². The molecule has 0 bridgehead atoms. The van der Waals surface area contributed by atoms with Crippen molar-refractivity contribution in [2.24, 2.45) is 16.6 Å². The number of anilines is 1. The summed E-state index contributed by atoms with van der Waals surface area (Å²) < 4.78 is 0. The van der Waals surface area contributed by atoms with Gasteiger partial charge >= 0.3 is 0 Å². The minimum atomic E-state index is -0.707. The number of likely N-dealkylation sites (tertiary alicyclic amines) is 1. The average molecular weight is 397 g/mol. The Hall–Kier alpha value is -3.69. The third-order valence-electron chi connectivity index (χ3n) is 4.61. The van der Waals surface area contributed by atoms with Gasteiger partial charge in [-0.2, -0.15) is 0 Å². The molecule has 1 unspecified atom stereocenters. The topological polar surface area (TPSA) is 160 Å². The third kappa shape index (κ3) is 4.98. The van der Waals surface area contributed by atoms with E-state index in [1.165, 1.54) is 6.92 Å². The van der Waals surface area contributed by atoms with Crippen molar-refractivity contribution in [3.63, 3.8) is 0 Å². The summed E-state index contributed by atoms with van der Waals surface area (Å²) in [4.78, 5) is 48.2. The first-order valence-corrected chi connectivity index (χ1v) is 9.13. The third-order valence-corrected chi connectivity index (χ3v) is 4.61. The molecule has 29 heavy (non-hydrogen) atoms. The van der Waals surface area contributed by atoms with E-state index in [2.05, 4.69) is 20.3 Å². The second kappa shape index (κ2) is 8.55. The Balaban J connectivity index is 1.56. The highest BCUT2D eigenvalue weighted by Crippen LogP contribution is 2.20. The molecule has 10 nitrogen and oxygen atoms in total. The number of carbonyl (C=O) groups is 2. The number of benzene rings is 1. The molecular weight excluding hydrogens is 374 g/mol. The van der Waals surface area contributed by atoms with Gasteiger partial charge in [0.05, 0.1) is 0 Å². The number of nitrogens with two attached hydrogens (primary N) is 2. The number of aromatic amines is 1. The van der Waals surface area contributed by atoms with Gasteiger partial charge in [-0.05, 0) is 12.5 Å². The van der Waals surface area contributed by atoms with Crippen molar-refractivity contribution in [3.8, 4) is 0 Å². The summed E-state index contributed by atoms with van der Waals surface area (Å²) in [5, 5.41) is 2.37. The Labute approximate surface area is 167 Å². The van der Waals surface area contributed by atoms with Gasteiger partial charge in [0.2, 0.25) is 5.91 Å². The van der Waals surface area contributed by atoms with Gasteiger partial charge in [0.25, 0.3) is 11.5 Å². The Morgan fingerprint density at radius 1 is 1.34 bits per heavy atom. The van der Waals surface area contributed by atoms with Gasteiger partial charge in [-0.1, -0.05) is 30.3 Å². The zero-order valence-corrected chi connectivity index (χ0v) is 16.0. The number of amides is 2. The fourth-order valence-corrected chi connectivity index (χ4v) is 3.11. The van der Waals surface area contributed by atoms with Gasteiger partial charge in [0.1, 0.15) is 11.4 Å². The summed E-state index contributed by atoms with van der Waals surface area (Å²) in [5.74, 6) is -0.864. The lowest BCUT2D eigenvalue weighted by atomic mass is 10.1. The first-order chi connectivity index (χ1) is 13.8. The first-order valence-electron chi connectivity index (χ1n) is 9.13. The maximum absolute atomic E-state index is 12.2. The molecule has 1 aromatic heterocycles. The Kier molecular flexibility index (Phi) is 5.91. The number of aryl methyl sites for hydroxylation is 1. The van der Waals surface area contributed by atoms with Gasteiger partial charge < -0.3 is 21.4 Å². The number of guanidine groups is 1. The molecule has 0 radical (unpaired) electrons. The zero-order valence-electron chi connectivity index (χ0n) is 16.0. The normalized spacial score (nSPS) is 16.9.